The first-order chi connectivity index (χ1) is 7.97. The Morgan fingerprint density at radius 2 is 2.00 bits per heavy atom. The Kier molecular flexibility index (Phi) is 5.18. The summed E-state index contributed by atoms with van der Waals surface area (Å²) in [5, 5.41) is 0. The standard InChI is InChI=1S/C12H16ClNO2S/c1-10-5-6-12(11(2)9-10)17(15,16)14-8-4-3-7-13/h3-6,9,14H,7-8H2,1-2H3/b4-3+. The van der Waals surface area contributed by atoms with E-state index in [2.05, 4.69) is 4.72 Å². The van der Waals surface area contributed by atoms with Crippen molar-refractivity contribution in [2.75, 3.05) is 12.4 Å². The van der Waals surface area contributed by atoms with Gasteiger partial charge >= 0.3 is 0 Å². The van der Waals surface area contributed by atoms with Crippen LogP contribution in [0.3, 0.4) is 0 Å². The van der Waals surface area contributed by atoms with E-state index < -0.39 is 10.0 Å². The Bertz CT molecular complexity index is 509. The Morgan fingerprint density at radius 1 is 1.29 bits per heavy atom. The van der Waals surface area contributed by atoms with Crippen LogP contribution in [0.4, 0.5) is 0 Å². The van der Waals surface area contributed by atoms with Crippen molar-refractivity contribution in [1.29, 1.82) is 0 Å². The molecule has 0 atom stereocenters. The maximum atomic E-state index is 11.9. The van der Waals surface area contributed by atoms with Crippen molar-refractivity contribution >= 4 is 21.6 Å². The molecule has 0 fully saturated rings. The van der Waals surface area contributed by atoms with Crippen LogP contribution in [0.1, 0.15) is 11.1 Å². The van der Waals surface area contributed by atoms with E-state index in [9.17, 15) is 8.42 Å². The molecule has 0 saturated heterocycles. The minimum atomic E-state index is -3.43. The molecule has 0 spiro atoms. The van der Waals surface area contributed by atoms with Gasteiger partial charge in [-0.1, -0.05) is 29.8 Å². The van der Waals surface area contributed by atoms with Gasteiger partial charge in [0.2, 0.25) is 10.0 Å². The van der Waals surface area contributed by atoms with Crippen molar-refractivity contribution in [2.24, 2.45) is 0 Å². The van der Waals surface area contributed by atoms with E-state index in [1.165, 1.54) is 0 Å². The molecular weight excluding hydrogens is 258 g/mol. The van der Waals surface area contributed by atoms with Crippen LogP contribution in [-0.4, -0.2) is 20.8 Å². The van der Waals surface area contributed by atoms with E-state index in [0.717, 1.165) is 11.1 Å². The number of hydrogen-bond acceptors (Lipinski definition) is 2. The fourth-order valence-corrected chi connectivity index (χ4v) is 2.81. The van der Waals surface area contributed by atoms with Gasteiger partial charge in [-0.15, -0.1) is 11.6 Å². The molecule has 3 nitrogen and oxygen atoms in total. The lowest BCUT2D eigenvalue weighted by Gasteiger charge is -2.08. The quantitative estimate of drug-likeness (QED) is 0.661. The Morgan fingerprint density at radius 3 is 2.59 bits per heavy atom. The second kappa shape index (κ2) is 6.19. The zero-order valence-corrected chi connectivity index (χ0v) is 11.5. The van der Waals surface area contributed by atoms with Crippen LogP contribution in [0.15, 0.2) is 35.2 Å². The normalized spacial score (nSPS) is 12.2. The average molecular weight is 274 g/mol. The van der Waals surface area contributed by atoms with Crippen molar-refractivity contribution < 1.29 is 8.42 Å². The second-order valence-electron chi connectivity index (χ2n) is 3.75. The molecule has 94 valence electrons. The van der Waals surface area contributed by atoms with Crippen molar-refractivity contribution in [1.82, 2.24) is 4.72 Å². The van der Waals surface area contributed by atoms with Gasteiger partial charge in [0, 0.05) is 12.4 Å². The molecule has 0 heterocycles. The number of alkyl halides is 1. The van der Waals surface area contributed by atoms with E-state index in [4.69, 9.17) is 11.6 Å². The molecule has 0 aromatic heterocycles. The van der Waals surface area contributed by atoms with Crippen molar-refractivity contribution in [3.63, 3.8) is 0 Å². The monoisotopic (exact) mass is 273 g/mol. The third-order valence-electron chi connectivity index (χ3n) is 2.27. The highest BCUT2D eigenvalue weighted by Gasteiger charge is 2.15. The Labute approximate surface area is 108 Å². The molecule has 0 aliphatic rings. The number of hydrogen-bond donors (Lipinski definition) is 1. The number of benzene rings is 1. The largest absolute Gasteiger partial charge is 0.241 e. The molecule has 1 N–H and O–H groups in total. The molecule has 17 heavy (non-hydrogen) atoms. The molecule has 1 rings (SSSR count). The number of aryl methyl sites for hydroxylation is 2. The Hall–Kier alpha value is -0.840. The van der Waals surface area contributed by atoms with Gasteiger partial charge in [-0.05, 0) is 25.5 Å². The minimum absolute atomic E-state index is 0.252. The van der Waals surface area contributed by atoms with Crippen LogP contribution in [0.5, 0.6) is 0 Å². The SMILES string of the molecule is Cc1ccc(S(=O)(=O)NC/C=C/CCl)c(C)c1. The smallest absolute Gasteiger partial charge is 0.207 e. The lowest BCUT2D eigenvalue weighted by atomic mass is 10.2. The highest BCUT2D eigenvalue weighted by molar-refractivity contribution is 7.89. The summed E-state index contributed by atoms with van der Waals surface area (Å²) in [6.07, 6.45) is 3.39. The van der Waals surface area contributed by atoms with Gasteiger partial charge in [0.15, 0.2) is 0 Å². The average Bonchev–Trinajstić information content (AvgIpc) is 2.24. The number of allylic oxidation sites excluding steroid dienone is 1. The predicted octanol–water partition coefficient (Wildman–Crippen LogP) is 2.38. The summed E-state index contributed by atoms with van der Waals surface area (Å²) in [5.74, 6) is 0.380. The summed E-state index contributed by atoms with van der Waals surface area (Å²) >= 11 is 5.45. The van der Waals surface area contributed by atoms with Crippen LogP contribution in [-0.2, 0) is 10.0 Å². The van der Waals surface area contributed by atoms with Crippen LogP contribution in [0, 0.1) is 13.8 Å². The Balaban J connectivity index is 2.86. The van der Waals surface area contributed by atoms with Crippen molar-refractivity contribution in [2.45, 2.75) is 18.7 Å². The molecule has 0 aliphatic carbocycles. The van der Waals surface area contributed by atoms with Crippen LogP contribution in [0.2, 0.25) is 0 Å². The number of nitrogens with one attached hydrogen (secondary N) is 1. The van der Waals surface area contributed by atoms with Gasteiger partial charge in [0.25, 0.3) is 0 Å². The van der Waals surface area contributed by atoms with Crippen LogP contribution in [0.25, 0.3) is 0 Å². The van der Waals surface area contributed by atoms with E-state index in [-0.39, 0.29) is 6.54 Å². The summed E-state index contributed by atoms with van der Waals surface area (Å²) in [6, 6.07) is 5.26. The molecule has 0 aliphatic heterocycles. The molecule has 0 amide bonds. The van der Waals surface area contributed by atoms with Crippen molar-refractivity contribution in [3.05, 3.63) is 41.5 Å². The van der Waals surface area contributed by atoms with Gasteiger partial charge in [-0.2, -0.15) is 0 Å². The topological polar surface area (TPSA) is 46.2 Å². The van der Waals surface area contributed by atoms with Gasteiger partial charge < -0.3 is 0 Å². The number of halogens is 1. The fourth-order valence-electron chi connectivity index (χ4n) is 1.48. The third kappa shape index (κ3) is 4.15. The number of rotatable bonds is 5. The maximum absolute atomic E-state index is 11.9. The zero-order valence-electron chi connectivity index (χ0n) is 9.90. The first-order valence-electron chi connectivity index (χ1n) is 5.25. The van der Waals surface area contributed by atoms with E-state index in [1.54, 1.807) is 31.2 Å². The summed E-state index contributed by atoms with van der Waals surface area (Å²) in [7, 11) is -3.43. The summed E-state index contributed by atoms with van der Waals surface area (Å²) in [4.78, 5) is 0.322. The molecule has 0 bridgehead atoms. The summed E-state index contributed by atoms with van der Waals surface area (Å²) in [6.45, 7) is 3.97. The minimum Gasteiger partial charge on any atom is -0.207 e. The summed E-state index contributed by atoms with van der Waals surface area (Å²) in [5.41, 5.74) is 1.79. The van der Waals surface area contributed by atoms with Crippen LogP contribution < -0.4 is 4.72 Å². The predicted molar refractivity (Wildman–Crippen MR) is 71.0 cm³/mol. The molecule has 5 heteroatoms. The fraction of sp³-hybridized carbons (Fsp3) is 0.333. The van der Waals surface area contributed by atoms with E-state index in [0.29, 0.717) is 10.8 Å². The van der Waals surface area contributed by atoms with Gasteiger partial charge in [-0.3, -0.25) is 0 Å². The van der Waals surface area contributed by atoms with Gasteiger partial charge in [-0.25, -0.2) is 13.1 Å². The van der Waals surface area contributed by atoms with Crippen LogP contribution >= 0.6 is 11.6 Å². The number of sulfonamides is 1. The van der Waals surface area contributed by atoms with Gasteiger partial charge in [0.05, 0.1) is 4.90 Å². The molecule has 0 unspecified atom stereocenters. The van der Waals surface area contributed by atoms with E-state index in [1.807, 2.05) is 13.0 Å². The lowest BCUT2D eigenvalue weighted by molar-refractivity contribution is 0.585. The highest BCUT2D eigenvalue weighted by Crippen LogP contribution is 2.15. The molecule has 1 aromatic rings. The molecule has 0 saturated carbocycles. The first-order valence-corrected chi connectivity index (χ1v) is 7.27. The zero-order chi connectivity index (χ0) is 12.9. The molecular formula is C12H16ClNO2S. The third-order valence-corrected chi connectivity index (χ3v) is 4.03. The summed E-state index contributed by atoms with van der Waals surface area (Å²) < 4.78 is 26.4. The van der Waals surface area contributed by atoms with Crippen molar-refractivity contribution in [3.8, 4) is 0 Å². The van der Waals surface area contributed by atoms with Gasteiger partial charge in [0.1, 0.15) is 0 Å². The maximum Gasteiger partial charge on any atom is 0.241 e. The first kappa shape index (κ1) is 14.2. The molecule has 0 radical (unpaired) electrons. The molecule has 1 aromatic carbocycles. The van der Waals surface area contributed by atoms with E-state index >= 15 is 0 Å². The lowest BCUT2D eigenvalue weighted by Crippen LogP contribution is -2.24. The second-order valence-corrected chi connectivity index (χ2v) is 5.79. The highest BCUT2D eigenvalue weighted by atomic mass is 35.5.